The van der Waals surface area contributed by atoms with Crippen molar-refractivity contribution in [2.75, 3.05) is 13.1 Å². The molecule has 1 atom stereocenters. The lowest BCUT2D eigenvalue weighted by atomic mass is 9.83. The van der Waals surface area contributed by atoms with E-state index in [1.807, 2.05) is 62.1 Å². The number of hydrogen-bond donors (Lipinski definition) is 1. The highest BCUT2D eigenvalue weighted by Crippen LogP contribution is 2.28. The first kappa shape index (κ1) is 26.9. The molecule has 1 aliphatic heterocycles. The summed E-state index contributed by atoms with van der Waals surface area (Å²) < 4.78 is 5.42. The van der Waals surface area contributed by atoms with E-state index in [0.29, 0.717) is 37.1 Å². The highest BCUT2D eigenvalue weighted by Gasteiger charge is 2.38. The second-order valence-corrected chi connectivity index (χ2v) is 9.94. The Hall–Kier alpha value is -3.66. The van der Waals surface area contributed by atoms with Crippen molar-refractivity contribution in [3.63, 3.8) is 0 Å². The number of esters is 1. The van der Waals surface area contributed by atoms with Crippen LogP contribution in [0.5, 0.6) is 0 Å². The van der Waals surface area contributed by atoms with Crippen LogP contribution in [0.15, 0.2) is 54.6 Å². The number of carbonyl (C=O) groups excluding carboxylic acids is 3. The summed E-state index contributed by atoms with van der Waals surface area (Å²) in [6.07, 6.45) is 2.45. The Morgan fingerprint density at radius 1 is 1.08 bits per heavy atom. The number of nitriles is 1. The molecule has 0 bridgehead atoms. The number of amides is 2. The SMILES string of the molecule is CCC(C(=O)N1CCC(CC(=O)OCc2ccccc2)CC1)C(C)(C)NC(=O)c1ccc(C#N)cc1. The molecule has 190 valence electrons. The zero-order valence-electron chi connectivity index (χ0n) is 21.3. The van der Waals surface area contributed by atoms with Gasteiger partial charge in [-0.3, -0.25) is 14.4 Å². The summed E-state index contributed by atoms with van der Waals surface area (Å²) in [5.74, 6) is -0.647. The first-order valence-electron chi connectivity index (χ1n) is 12.5. The van der Waals surface area contributed by atoms with E-state index in [-0.39, 0.29) is 36.2 Å². The molecule has 36 heavy (non-hydrogen) atoms. The van der Waals surface area contributed by atoms with Crippen molar-refractivity contribution in [2.24, 2.45) is 11.8 Å². The van der Waals surface area contributed by atoms with E-state index in [4.69, 9.17) is 10.00 Å². The fourth-order valence-electron chi connectivity index (χ4n) is 4.75. The minimum absolute atomic E-state index is 0.0210. The van der Waals surface area contributed by atoms with Gasteiger partial charge in [0.2, 0.25) is 5.91 Å². The molecule has 1 heterocycles. The summed E-state index contributed by atoms with van der Waals surface area (Å²) in [5, 5.41) is 12.0. The van der Waals surface area contributed by atoms with Crippen LogP contribution in [-0.4, -0.2) is 41.3 Å². The van der Waals surface area contributed by atoms with Gasteiger partial charge in [-0.2, -0.15) is 5.26 Å². The predicted molar refractivity (Wildman–Crippen MR) is 137 cm³/mol. The molecule has 0 aromatic heterocycles. The first-order valence-corrected chi connectivity index (χ1v) is 12.5. The van der Waals surface area contributed by atoms with Gasteiger partial charge in [0.15, 0.2) is 0 Å². The van der Waals surface area contributed by atoms with Crippen LogP contribution in [0.25, 0.3) is 0 Å². The zero-order chi connectivity index (χ0) is 26.1. The minimum Gasteiger partial charge on any atom is -0.461 e. The van der Waals surface area contributed by atoms with Gasteiger partial charge in [0, 0.05) is 30.6 Å². The van der Waals surface area contributed by atoms with Gasteiger partial charge in [0.25, 0.3) is 5.91 Å². The predicted octanol–water partition coefficient (Wildman–Crippen LogP) is 4.46. The van der Waals surface area contributed by atoms with E-state index >= 15 is 0 Å². The molecule has 1 unspecified atom stereocenters. The van der Waals surface area contributed by atoms with Crippen LogP contribution in [0.4, 0.5) is 0 Å². The molecule has 7 nitrogen and oxygen atoms in total. The summed E-state index contributed by atoms with van der Waals surface area (Å²) in [6, 6.07) is 18.1. The Bertz CT molecular complexity index is 1080. The quantitative estimate of drug-likeness (QED) is 0.524. The zero-order valence-corrected chi connectivity index (χ0v) is 21.3. The maximum atomic E-state index is 13.4. The molecule has 2 amide bonds. The third kappa shape index (κ3) is 7.17. The fourth-order valence-corrected chi connectivity index (χ4v) is 4.75. The number of nitrogens with one attached hydrogen (secondary N) is 1. The number of benzene rings is 2. The van der Waals surface area contributed by atoms with Gasteiger partial charge >= 0.3 is 5.97 Å². The molecule has 2 aromatic carbocycles. The van der Waals surface area contributed by atoms with Crippen LogP contribution in [0, 0.1) is 23.2 Å². The van der Waals surface area contributed by atoms with E-state index < -0.39 is 5.54 Å². The van der Waals surface area contributed by atoms with Crippen LogP contribution >= 0.6 is 0 Å². The molecule has 0 saturated carbocycles. The monoisotopic (exact) mass is 489 g/mol. The van der Waals surface area contributed by atoms with Gasteiger partial charge in [-0.15, -0.1) is 0 Å². The Morgan fingerprint density at radius 2 is 1.72 bits per heavy atom. The number of hydrogen-bond acceptors (Lipinski definition) is 5. The summed E-state index contributed by atoms with van der Waals surface area (Å²) >= 11 is 0. The molecule has 3 rings (SSSR count). The largest absolute Gasteiger partial charge is 0.461 e. The number of rotatable bonds is 9. The number of likely N-dealkylation sites (tertiary alicyclic amines) is 1. The second kappa shape index (κ2) is 12.3. The van der Waals surface area contributed by atoms with Crippen molar-refractivity contribution in [1.29, 1.82) is 5.26 Å². The standard InChI is InChI=1S/C29H35N3O4/c1-4-25(29(2,3)31-27(34)24-12-10-22(19-30)11-13-24)28(35)32-16-14-21(15-17-32)18-26(33)36-20-23-8-6-5-7-9-23/h5-13,21,25H,4,14-18,20H2,1-3H3,(H,31,34). The molecule has 7 heteroatoms. The van der Waals surface area contributed by atoms with E-state index in [2.05, 4.69) is 5.32 Å². The third-order valence-corrected chi connectivity index (χ3v) is 6.91. The number of carbonyl (C=O) groups is 3. The first-order chi connectivity index (χ1) is 17.2. The molecule has 1 saturated heterocycles. The molecular formula is C29H35N3O4. The molecule has 1 N–H and O–H groups in total. The molecule has 0 radical (unpaired) electrons. The molecular weight excluding hydrogens is 454 g/mol. The lowest BCUT2D eigenvalue weighted by Gasteiger charge is -2.39. The third-order valence-electron chi connectivity index (χ3n) is 6.91. The molecule has 1 aliphatic rings. The topological polar surface area (TPSA) is 99.5 Å². The highest BCUT2D eigenvalue weighted by atomic mass is 16.5. The van der Waals surface area contributed by atoms with Gasteiger partial charge in [0.05, 0.1) is 17.6 Å². The highest BCUT2D eigenvalue weighted by molar-refractivity contribution is 5.95. The van der Waals surface area contributed by atoms with Crippen LogP contribution in [0.1, 0.15) is 67.9 Å². The molecule has 1 fully saturated rings. The molecule has 0 spiro atoms. The van der Waals surface area contributed by atoms with Crippen LogP contribution in [0.3, 0.4) is 0 Å². The molecule has 0 aliphatic carbocycles. The summed E-state index contributed by atoms with van der Waals surface area (Å²) in [6.45, 7) is 7.15. The van der Waals surface area contributed by atoms with Crippen molar-refractivity contribution in [2.45, 2.75) is 58.6 Å². The van der Waals surface area contributed by atoms with E-state index in [0.717, 1.165) is 18.4 Å². The van der Waals surface area contributed by atoms with Crippen molar-refractivity contribution in [3.8, 4) is 6.07 Å². The second-order valence-electron chi connectivity index (χ2n) is 9.94. The van der Waals surface area contributed by atoms with Crippen molar-refractivity contribution >= 4 is 17.8 Å². The van der Waals surface area contributed by atoms with Gasteiger partial charge in [-0.05, 0) is 68.9 Å². The van der Waals surface area contributed by atoms with Gasteiger partial charge in [-0.25, -0.2) is 0 Å². The Morgan fingerprint density at radius 3 is 2.31 bits per heavy atom. The van der Waals surface area contributed by atoms with Crippen LogP contribution < -0.4 is 5.32 Å². The average Bonchev–Trinajstić information content (AvgIpc) is 2.88. The summed E-state index contributed by atoms with van der Waals surface area (Å²) in [7, 11) is 0. The average molecular weight is 490 g/mol. The smallest absolute Gasteiger partial charge is 0.306 e. The lowest BCUT2D eigenvalue weighted by Crippen LogP contribution is -2.55. The van der Waals surface area contributed by atoms with E-state index in [9.17, 15) is 14.4 Å². The molecule has 2 aromatic rings. The lowest BCUT2D eigenvalue weighted by molar-refractivity contribution is -0.146. The van der Waals surface area contributed by atoms with Gasteiger partial charge < -0.3 is 15.0 Å². The van der Waals surface area contributed by atoms with E-state index in [1.54, 1.807) is 24.3 Å². The summed E-state index contributed by atoms with van der Waals surface area (Å²) in [4.78, 5) is 40.4. The maximum absolute atomic E-state index is 13.4. The van der Waals surface area contributed by atoms with Crippen molar-refractivity contribution in [3.05, 3.63) is 71.3 Å². The normalized spacial score (nSPS) is 15.0. The summed E-state index contributed by atoms with van der Waals surface area (Å²) in [5.41, 5.74) is 1.14. The fraction of sp³-hybridized carbons (Fsp3) is 0.448. The van der Waals surface area contributed by atoms with Crippen molar-refractivity contribution in [1.82, 2.24) is 10.2 Å². The number of nitrogens with zero attached hydrogens (tertiary/aromatic N) is 2. The van der Waals surface area contributed by atoms with Crippen LogP contribution in [-0.2, 0) is 20.9 Å². The van der Waals surface area contributed by atoms with Crippen LogP contribution in [0.2, 0.25) is 0 Å². The minimum atomic E-state index is -0.755. The maximum Gasteiger partial charge on any atom is 0.306 e. The van der Waals surface area contributed by atoms with E-state index in [1.165, 1.54) is 0 Å². The Kier molecular flexibility index (Phi) is 9.24. The number of ether oxygens (including phenoxy) is 1. The Balaban J connectivity index is 1.50. The van der Waals surface area contributed by atoms with Gasteiger partial charge in [-0.1, -0.05) is 37.3 Å². The van der Waals surface area contributed by atoms with Crippen molar-refractivity contribution < 1.29 is 19.1 Å². The van der Waals surface area contributed by atoms with Gasteiger partial charge in [0.1, 0.15) is 6.61 Å². The Labute approximate surface area is 213 Å². The number of piperidine rings is 1.